The van der Waals surface area contributed by atoms with Crippen LogP contribution >= 0.6 is 0 Å². The van der Waals surface area contributed by atoms with Crippen molar-refractivity contribution in [3.8, 4) is 11.4 Å². The molecule has 0 aliphatic heterocycles. The molecule has 0 spiro atoms. The molecule has 0 bridgehead atoms. The second-order valence-corrected chi connectivity index (χ2v) is 2.80. The van der Waals surface area contributed by atoms with Crippen molar-refractivity contribution < 1.29 is 17.1 Å². The molecule has 0 saturated carbocycles. The maximum Gasteiger partial charge on any atom is 0.137 e. The van der Waals surface area contributed by atoms with Gasteiger partial charge in [0.2, 0.25) is 0 Å². The Morgan fingerprint density at radius 2 is 1.85 bits per heavy atom. The van der Waals surface area contributed by atoms with Gasteiger partial charge in [-0.1, -0.05) is 29.8 Å². The van der Waals surface area contributed by atoms with E-state index >= 15 is 0 Å². The molecule has 0 atom stereocenters. The molecule has 1 heterocycles. The minimum Gasteiger partial charge on any atom is -0.345 e. The van der Waals surface area contributed by atoms with Gasteiger partial charge in [-0.2, -0.15) is 0 Å². The van der Waals surface area contributed by atoms with Gasteiger partial charge in [0.05, 0.1) is 0 Å². The molecule has 2 aromatic rings. The molecule has 0 aliphatic carbocycles. The zero-order valence-corrected chi connectivity index (χ0v) is 8.15. The van der Waals surface area contributed by atoms with Gasteiger partial charge >= 0.3 is 0 Å². The SMILES string of the molecule is Cc1ccc(-c2ncc[nH]2)cc1.[Cu]. The molecule has 1 aromatic heterocycles. The molecule has 0 amide bonds. The molecule has 1 radical (unpaired) electrons. The Bertz CT molecular complexity index is 351. The van der Waals surface area contributed by atoms with Crippen LogP contribution in [0.1, 0.15) is 5.56 Å². The first-order valence-electron chi connectivity index (χ1n) is 3.93. The van der Waals surface area contributed by atoms with Crippen molar-refractivity contribution in [1.29, 1.82) is 0 Å². The molecular formula is C10H10CuN2. The minimum atomic E-state index is 0. The van der Waals surface area contributed by atoms with Crippen LogP contribution < -0.4 is 0 Å². The number of hydrogen-bond acceptors (Lipinski definition) is 1. The Labute approximate surface area is 87.9 Å². The van der Waals surface area contributed by atoms with Crippen molar-refractivity contribution in [2.75, 3.05) is 0 Å². The van der Waals surface area contributed by atoms with Gasteiger partial charge in [0.25, 0.3) is 0 Å². The van der Waals surface area contributed by atoms with Crippen molar-refractivity contribution >= 4 is 0 Å². The predicted octanol–water partition coefficient (Wildman–Crippen LogP) is 2.38. The van der Waals surface area contributed by atoms with Crippen LogP contribution in [0.4, 0.5) is 0 Å². The molecular weight excluding hydrogens is 212 g/mol. The quantitative estimate of drug-likeness (QED) is 0.737. The first-order valence-corrected chi connectivity index (χ1v) is 3.93. The third-order valence-corrected chi connectivity index (χ3v) is 1.82. The van der Waals surface area contributed by atoms with Gasteiger partial charge in [-0.05, 0) is 6.92 Å². The third kappa shape index (κ3) is 2.20. The maximum absolute atomic E-state index is 4.16. The van der Waals surface area contributed by atoms with E-state index in [0.29, 0.717) is 0 Å². The first-order chi connectivity index (χ1) is 5.86. The van der Waals surface area contributed by atoms with Crippen molar-refractivity contribution in [2.45, 2.75) is 6.92 Å². The number of aromatic amines is 1. The summed E-state index contributed by atoms with van der Waals surface area (Å²) in [5.41, 5.74) is 2.40. The van der Waals surface area contributed by atoms with Crippen LogP contribution in [0.3, 0.4) is 0 Å². The number of rotatable bonds is 1. The summed E-state index contributed by atoms with van der Waals surface area (Å²) >= 11 is 0. The fraction of sp³-hybridized carbons (Fsp3) is 0.100. The van der Waals surface area contributed by atoms with Gasteiger partial charge in [-0.15, -0.1) is 0 Å². The topological polar surface area (TPSA) is 28.7 Å². The molecule has 2 rings (SSSR count). The monoisotopic (exact) mass is 221 g/mol. The summed E-state index contributed by atoms with van der Waals surface area (Å²) in [4.78, 5) is 7.22. The Hall–Kier alpha value is -1.05. The van der Waals surface area contributed by atoms with Gasteiger partial charge in [-0.25, -0.2) is 4.98 Å². The Balaban J connectivity index is 0.000000845. The van der Waals surface area contributed by atoms with E-state index in [1.807, 2.05) is 6.20 Å². The number of nitrogens with one attached hydrogen (secondary N) is 1. The Morgan fingerprint density at radius 3 is 2.38 bits per heavy atom. The van der Waals surface area contributed by atoms with Crippen molar-refractivity contribution in [3.63, 3.8) is 0 Å². The largest absolute Gasteiger partial charge is 0.345 e. The molecule has 71 valence electrons. The first kappa shape index (κ1) is 10.0. The van der Waals surface area contributed by atoms with E-state index in [0.717, 1.165) is 11.4 Å². The van der Waals surface area contributed by atoms with Gasteiger partial charge < -0.3 is 4.98 Å². The Morgan fingerprint density at radius 1 is 1.15 bits per heavy atom. The van der Waals surface area contributed by atoms with E-state index < -0.39 is 0 Å². The summed E-state index contributed by atoms with van der Waals surface area (Å²) in [7, 11) is 0. The zero-order valence-electron chi connectivity index (χ0n) is 7.21. The van der Waals surface area contributed by atoms with E-state index in [1.165, 1.54) is 5.56 Å². The van der Waals surface area contributed by atoms with Crippen LogP contribution in [0.5, 0.6) is 0 Å². The number of aromatic nitrogens is 2. The second kappa shape index (κ2) is 4.26. The number of imidazole rings is 1. The number of nitrogens with zero attached hydrogens (tertiary/aromatic N) is 1. The van der Waals surface area contributed by atoms with Crippen LogP contribution in [0.25, 0.3) is 11.4 Å². The van der Waals surface area contributed by atoms with Crippen molar-refractivity contribution in [2.24, 2.45) is 0 Å². The standard InChI is InChI=1S/C10H10N2.Cu/c1-8-2-4-9(5-3-8)10-11-6-7-12-10;/h2-7H,1H3,(H,11,12);. The zero-order chi connectivity index (χ0) is 8.39. The Kier molecular flexibility index (Phi) is 3.29. The summed E-state index contributed by atoms with van der Waals surface area (Å²) in [6.07, 6.45) is 3.59. The van der Waals surface area contributed by atoms with E-state index in [4.69, 9.17) is 0 Å². The molecule has 3 heteroatoms. The molecule has 0 fully saturated rings. The van der Waals surface area contributed by atoms with E-state index in [-0.39, 0.29) is 17.1 Å². The van der Waals surface area contributed by atoms with Crippen LogP contribution in [0.15, 0.2) is 36.7 Å². The normalized spacial score (nSPS) is 9.31. The smallest absolute Gasteiger partial charge is 0.137 e. The number of benzene rings is 1. The second-order valence-electron chi connectivity index (χ2n) is 2.80. The number of H-pyrrole nitrogens is 1. The average Bonchev–Trinajstić information content (AvgIpc) is 2.58. The van der Waals surface area contributed by atoms with Crippen molar-refractivity contribution in [3.05, 3.63) is 42.2 Å². The van der Waals surface area contributed by atoms with Crippen LogP contribution in [0, 0.1) is 6.92 Å². The van der Waals surface area contributed by atoms with Gasteiger partial charge in [0.1, 0.15) is 5.82 Å². The van der Waals surface area contributed by atoms with Crippen LogP contribution in [-0.2, 0) is 17.1 Å². The van der Waals surface area contributed by atoms with E-state index in [9.17, 15) is 0 Å². The minimum absolute atomic E-state index is 0. The number of aryl methyl sites for hydroxylation is 1. The van der Waals surface area contributed by atoms with E-state index in [2.05, 4.69) is 41.2 Å². The van der Waals surface area contributed by atoms with Crippen LogP contribution in [-0.4, -0.2) is 9.97 Å². The molecule has 2 nitrogen and oxygen atoms in total. The fourth-order valence-electron chi connectivity index (χ4n) is 1.13. The molecule has 0 aliphatic rings. The third-order valence-electron chi connectivity index (χ3n) is 1.82. The molecule has 1 N–H and O–H groups in total. The van der Waals surface area contributed by atoms with Gasteiger partial charge in [-0.3, -0.25) is 0 Å². The predicted molar refractivity (Wildman–Crippen MR) is 48.8 cm³/mol. The van der Waals surface area contributed by atoms with Crippen LogP contribution in [0.2, 0.25) is 0 Å². The van der Waals surface area contributed by atoms with Gasteiger partial charge in [0, 0.05) is 35.0 Å². The molecule has 1 aromatic carbocycles. The summed E-state index contributed by atoms with van der Waals surface area (Å²) in [5, 5.41) is 0. The van der Waals surface area contributed by atoms with Crippen molar-refractivity contribution in [1.82, 2.24) is 9.97 Å². The van der Waals surface area contributed by atoms with Gasteiger partial charge in [0.15, 0.2) is 0 Å². The summed E-state index contributed by atoms with van der Waals surface area (Å²) in [5.74, 6) is 0.926. The fourth-order valence-corrected chi connectivity index (χ4v) is 1.13. The number of hydrogen-bond donors (Lipinski definition) is 1. The summed E-state index contributed by atoms with van der Waals surface area (Å²) in [6, 6.07) is 8.29. The maximum atomic E-state index is 4.16. The summed E-state index contributed by atoms with van der Waals surface area (Å²) < 4.78 is 0. The molecule has 13 heavy (non-hydrogen) atoms. The van der Waals surface area contributed by atoms with E-state index in [1.54, 1.807) is 6.20 Å². The summed E-state index contributed by atoms with van der Waals surface area (Å²) in [6.45, 7) is 2.08. The molecule has 0 unspecified atom stereocenters. The molecule has 0 saturated heterocycles. The average molecular weight is 222 g/mol.